The highest BCUT2D eigenvalue weighted by atomic mass is 32.2. The Morgan fingerprint density at radius 3 is 2.73 bits per heavy atom. The van der Waals surface area contributed by atoms with Crippen molar-refractivity contribution in [1.82, 2.24) is 9.97 Å². The second-order valence-corrected chi connectivity index (χ2v) is 8.13. The van der Waals surface area contributed by atoms with E-state index in [4.69, 9.17) is 9.47 Å². The molecule has 0 radical (unpaired) electrons. The summed E-state index contributed by atoms with van der Waals surface area (Å²) in [6, 6.07) is 5.61. The quantitative estimate of drug-likeness (QED) is 0.843. The van der Waals surface area contributed by atoms with Crippen LogP contribution in [0.2, 0.25) is 0 Å². The van der Waals surface area contributed by atoms with Crippen molar-refractivity contribution in [3.63, 3.8) is 0 Å². The van der Waals surface area contributed by atoms with Crippen LogP contribution in [-0.2, 0) is 10.5 Å². The van der Waals surface area contributed by atoms with E-state index in [2.05, 4.69) is 9.97 Å². The van der Waals surface area contributed by atoms with Crippen LogP contribution in [0.1, 0.15) is 51.8 Å². The SMILES string of the molecule is C.O=c1[nH]c(CSC2CCOCC2)nc2cc(OC3CCCC3)ccc12. The highest BCUT2D eigenvalue weighted by Crippen LogP contribution is 2.27. The van der Waals surface area contributed by atoms with Gasteiger partial charge in [0.1, 0.15) is 11.6 Å². The van der Waals surface area contributed by atoms with E-state index in [0.29, 0.717) is 16.7 Å². The summed E-state index contributed by atoms with van der Waals surface area (Å²) in [6.07, 6.45) is 7.17. The third-order valence-corrected chi connectivity index (χ3v) is 6.34. The van der Waals surface area contributed by atoms with Crippen LogP contribution in [0.25, 0.3) is 10.9 Å². The lowest BCUT2D eigenvalue weighted by molar-refractivity contribution is 0.1000. The third-order valence-electron chi connectivity index (χ3n) is 4.96. The summed E-state index contributed by atoms with van der Waals surface area (Å²) in [5.41, 5.74) is 0.654. The second kappa shape index (κ2) is 8.91. The summed E-state index contributed by atoms with van der Waals surface area (Å²) >= 11 is 1.85. The predicted molar refractivity (Wildman–Crippen MR) is 107 cm³/mol. The molecule has 1 saturated carbocycles. The molecule has 4 rings (SSSR count). The van der Waals surface area contributed by atoms with E-state index in [9.17, 15) is 4.79 Å². The zero-order valence-corrected chi connectivity index (χ0v) is 15.1. The molecule has 0 amide bonds. The minimum Gasteiger partial charge on any atom is -0.490 e. The van der Waals surface area contributed by atoms with Crippen LogP contribution in [0, 0.1) is 0 Å². The van der Waals surface area contributed by atoms with Crippen LogP contribution >= 0.6 is 11.8 Å². The highest BCUT2D eigenvalue weighted by Gasteiger charge is 2.17. The van der Waals surface area contributed by atoms with Gasteiger partial charge in [0.25, 0.3) is 5.56 Å². The van der Waals surface area contributed by atoms with Crippen molar-refractivity contribution >= 4 is 22.7 Å². The average Bonchev–Trinajstić information content (AvgIpc) is 3.14. The molecule has 142 valence electrons. The van der Waals surface area contributed by atoms with Crippen molar-refractivity contribution < 1.29 is 9.47 Å². The second-order valence-electron chi connectivity index (χ2n) is 6.84. The average molecular weight is 377 g/mol. The van der Waals surface area contributed by atoms with Crippen molar-refractivity contribution in [2.24, 2.45) is 0 Å². The Morgan fingerprint density at radius 2 is 1.96 bits per heavy atom. The molecule has 1 aliphatic heterocycles. The first kappa shape index (κ1) is 19.2. The number of H-pyrrole nitrogens is 1. The van der Waals surface area contributed by atoms with Crippen LogP contribution in [0.3, 0.4) is 0 Å². The van der Waals surface area contributed by atoms with Crippen molar-refractivity contribution in [3.05, 3.63) is 34.4 Å². The van der Waals surface area contributed by atoms with Gasteiger partial charge in [-0.05, 0) is 50.7 Å². The first-order valence-corrected chi connectivity index (χ1v) is 10.2. The number of thioether (sulfide) groups is 1. The van der Waals surface area contributed by atoms with Gasteiger partial charge in [-0.2, -0.15) is 11.8 Å². The summed E-state index contributed by atoms with van der Waals surface area (Å²) in [7, 11) is 0. The van der Waals surface area contributed by atoms with Crippen LogP contribution in [0.4, 0.5) is 0 Å². The molecule has 2 aromatic rings. The van der Waals surface area contributed by atoms with Gasteiger partial charge in [-0.1, -0.05) is 7.43 Å². The number of rotatable bonds is 5. The third kappa shape index (κ3) is 4.60. The normalized spacial score (nSPS) is 18.8. The van der Waals surface area contributed by atoms with Gasteiger partial charge < -0.3 is 14.5 Å². The Hall–Kier alpha value is -1.53. The van der Waals surface area contributed by atoms with Gasteiger partial charge in [-0.15, -0.1) is 0 Å². The molecule has 6 heteroatoms. The van der Waals surface area contributed by atoms with Gasteiger partial charge in [0.05, 0.1) is 22.8 Å². The standard InChI is InChI=1S/C19H24N2O3S.CH4/c22-19-16-6-5-14(24-13-3-1-2-4-13)11-17(16)20-18(21-19)12-25-15-7-9-23-10-8-15;/h5-6,11,13,15H,1-4,7-10,12H2,(H,20,21,22);1H4. The fraction of sp³-hybridized carbons (Fsp3) is 0.600. The fourth-order valence-electron chi connectivity index (χ4n) is 3.55. The van der Waals surface area contributed by atoms with Gasteiger partial charge in [0.15, 0.2) is 0 Å². The van der Waals surface area contributed by atoms with Crippen molar-refractivity contribution in [3.8, 4) is 5.75 Å². The van der Waals surface area contributed by atoms with E-state index in [1.54, 1.807) is 0 Å². The maximum absolute atomic E-state index is 12.3. The van der Waals surface area contributed by atoms with Crippen molar-refractivity contribution in [2.45, 2.75) is 63.1 Å². The minimum absolute atomic E-state index is 0. The van der Waals surface area contributed by atoms with E-state index >= 15 is 0 Å². The van der Waals surface area contributed by atoms with Gasteiger partial charge in [-0.3, -0.25) is 4.79 Å². The zero-order valence-electron chi connectivity index (χ0n) is 14.3. The number of hydrogen-bond acceptors (Lipinski definition) is 5. The molecule has 0 bridgehead atoms. The molecule has 2 fully saturated rings. The van der Waals surface area contributed by atoms with E-state index in [0.717, 1.165) is 61.7 Å². The van der Waals surface area contributed by atoms with Crippen molar-refractivity contribution in [2.75, 3.05) is 13.2 Å². The Balaban J connectivity index is 0.00000196. The number of ether oxygens (including phenoxy) is 2. The number of fused-ring (bicyclic) bond motifs is 1. The number of aromatic amines is 1. The number of nitrogens with one attached hydrogen (secondary N) is 1. The maximum atomic E-state index is 12.3. The topological polar surface area (TPSA) is 64.2 Å². The molecule has 0 spiro atoms. The largest absolute Gasteiger partial charge is 0.490 e. The zero-order chi connectivity index (χ0) is 17.1. The highest BCUT2D eigenvalue weighted by molar-refractivity contribution is 7.99. The minimum atomic E-state index is -0.0695. The van der Waals surface area contributed by atoms with Crippen LogP contribution < -0.4 is 10.3 Å². The van der Waals surface area contributed by atoms with Gasteiger partial charge in [-0.25, -0.2) is 4.98 Å². The summed E-state index contributed by atoms with van der Waals surface area (Å²) < 4.78 is 11.4. The Labute approximate surface area is 158 Å². The number of nitrogens with zero attached hydrogens (tertiary/aromatic N) is 1. The molecule has 26 heavy (non-hydrogen) atoms. The fourth-order valence-corrected chi connectivity index (χ4v) is 4.60. The molecule has 0 atom stereocenters. The molecule has 1 aromatic carbocycles. The van der Waals surface area contributed by atoms with Crippen molar-refractivity contribution in [1.29, 1.82) is 0 Å². The van der Waals surface area contributed by atoms with E-state index in [1.165, 1.54) is 12.8 Å². The Morgan fingerprint density at radius 1 is 1.19 bits per heavy atom. The van der Waals surface area contributed by atoms with E-state index < -0.39 is 0 Å². The van der Waals surface area contributed by atoms with Gasteiger partial charge in [0.2, 0.25) is 0 Å². The first-order chi connectivity index (χ1) is 12.3. The molecular weight excluding hydrogens is 348 g/mol. The van der Waals surface area contributed by atoms with Crippen LogP contribution in [0.15, 0.2) is 23.0 Å². The van der Waals surface area contributed by atoms with Crippen LogP contribution in [0.5, 0.6) is 5.75 Å². The molecule has 2 aliphatic rings. The predicted octanol–water partition coefficient (Wildman–Crippen LogP) is 4.29. The lowest BCUT2D eigenvalue weighted by Crippen LogP contribution is -2.18. The number of aromatic nitrogens is 2. The molecule has 1 saturated heterocycles. The van der Waals surface area contributed by atoms with E-state index in [1.807, 2.05) is 30.0 Å². The Kier molecular flexibility index (Phi) is 6.59. The molecule has 2 heterocycles. The summed E-state index contributed by atoms with van der Waals surface area (Å²) in [5, 5.41) is 1.21. The van der Waals surface area contributed by atoms with E-state index in [-0.39, 0.29) is 13.0 Å². The summed E-state index contributed by atoms with van der Waals surface area (Å²) in [6.45, 7) is 1.67. The molecule has 5 nitrogen and oxygen atoms in total. The smallest absolute Gasteiger partial charge is 0.258 e. The molecule has 1 N–H and O–H groups in total. The number of hydrogen-bond donors (Lipinski definition) is 1. The van der Waals surface area contributed by atoms with Gasteiger partial charge >= 0.3 is 0 Å². The lowest BCUT2D eigenvalue weighted by atomic mass is 10.2. The summed E-state index contributed by atoms with van der Waals surface area (Å²) in [4.78, 5) is 19.9. The Bertz CT molecular complexity index is 780. The number of benzene rings is 1. The molecular formula is C20H28N2O3S. The van der Waals surface area contributed by atoms with Gasteiger partial charge in [0, 0.05) is 24.5 Å². The maximum Gasteiger partial charge on any atom is 0.258 e. The molecule has 1 aliphatic carbocycles. The molecule has 1 aromatic heterocycles. The molecule has 0 unspecified atom stereocenters. The monoisotopic (exact) mass is 376 g/mol. The summed E-state index contributed by atoms with van der Waals surface area (Å²) in [5.74, 6) is 2.29. The first-order valence-electron chi connectivity index (χ1n) is 9.17. The lowest BCUT2D eigenvalue weighted by Gasteiger charge is -2.21. The van der Waals surface area contributed by atoms with Crippen LogP contribution in [-0.4, -0.2) is 34.5 Å².